The first-order valence-corrected chi connectivity index (χ1v) is 8.33. The minimum Gasteiger partial charge on any atom is -0.466 e. The maximum atomic E-state index is 12.1. The molecule has 1 aliphatic rings. The summed E-state index contributed by atoms with van der Waals surface area (Å²) in [5.74, 6) is 1.41. The molecular formula is C17H29N3O3. The Morgan fingerprint density at radius 2 is 1.91 bits per heavy atom. The van der Waals surface area contributed by atoms with Gasteiger partial charge in [-0.2, -0.15) is 0 Å². The SMILES string of the molecule is CCN1CCN(CC(=O)NCC(C)(O)c2cc(C)oc2C)CC1. The van der Waals surface area contributed by atoms with Crippen molar-refractivity contribution < 1.29 is 14.3 Å². The smallest absolute Gasteiger partial charge is 0.234 e. The second-order valence-corrected chi connectivity index (χ2v) is 6.59. The second-order valence-electron chi connectivity index (χ2n) is 6.59. The molecule has 0 aromatic carbocycles. The van der Waals surface area contributed by atoms with Gasteiger partial charge in [0, 0.05) is 31.7 Å². The van der Waals surface area contributed by atoms with Crippen LogP contribution in [0.1, 0.15) is 30.9 Å². The summed E-state index contributed by atoms with van der Waals surface area (Å²) in [5.41, 5.74) is -0.398. The maximum Gasteiger partial charge on any atom is 0.234 e. The molecule has 1 fully saturated rings. The van der Waals surface area contributed by atoms with Gasteiger partial charge in [0.2, 0.25) is 5.91 Å². The van der Waals surface area contributed by atoms with E-state index in [-0.39, 0.29) is 12.5 Å². The lowest BCUT2D eigenvalue weighted by Gasteiger charge is -2.33. The molecule has 2 N–H and O–H groups in total. The van der Waals surface area contributed by atoms with Gasteiger partial charge in [-0.25, -0.2) is 0 Å². The summed E-state index contributed by atoms with van der Waals surface area (Å²) in [4.78, 5) is 16.7. The van der Waals surface area contributed by atoms with Crippen molar-refractivity contribution in [1.29, 1.82) is 0 Å². The van der Waals surface area contributed by atoms with Crippen LogP contribution in [0.25, 0.3) is 0 Å². The van der Waals surface area contributed by atoms with Gasteiger partial charge in [0.05, 0.1) is 13.1 Å². The van der Waals surface area contributed by atoms with E-state index in [1.165, 1.54) is 0 Å². The first-order chi connectivity index (χ1) is 10.8. The predicted octanol–water partition coefficient (Wildman–Crippen LogP) is 0.858. The number of amides is 1. The molecule has 1 atom stereocenters. The molecule has 0 aliphatic carbocycles. The minimum absolute atomic E-state index is 0.0481. The Morgan fingerprint density at radius 1 is 1.30 bits per heavy atom. The van der Waals surface area contributed by atoms with E-state index in [9.17, 15) is 9.90 Å². The Labute approximate surface area is 138 Å². The van der Waals surface area contributed by atoms with E-state index < -0.39 is 5.60 Å². The maximum absolute atomic E-state index is 12.1. The van der Waals surface area contributed by atoms with Gasteiger partial charge in [0.1, 0.15) is 17.1 Å². The van der Waals surface area contributed by atoms with E-state index in [0.29, 0.717) is 12.3 Å². The number of piperazine rings is 1. The molecule has 6 nitrogen and oxygen atoms in total. The van der Waals surface area contributed by atoms with Gasteiger partial charge in [-0.3, -0.25) is 9.69 Å². The number of hydrogen-bond donors (Lipinski definition) is 2. The Bertz CT molecular complexity index is 531. The number of rotatable bonds is 6. The van der Waals surface area contributed by atoms with E-state index >= 15 is 0 Å². The van der Waals surface area contributed by atoms with Crippen LogP contribution in [0.2, 0.25) is 0 Å². The zero-order valence-electron chi connectivity index (χ0n) is 14.7. The van der Waals surface area contributed by atoms with Crippen LogP contribution in [0.5, 0.6) is 0 Å². The molecule has 1 amide bonds. The lowest BCUT2D eigenvalue weighted by atomic mass is 9.96. The van der Waals surface area contributed by atoms with Crippen molar-refractivity contribution in [2.24, 2.45) is 0 Å². The van der Waals surface area contributed by atoms with Crippen LogP contribution in [0.15, 0.2) is 10.5 Å². The van der Waals surface area contributed by atoms with Crippen LogP contribution in [0.4, 0.5) is 0 Å². The van der Waals surface area contributed by atoms with Gasteiger partial charge < -0.3 is 19.7 Å². The molecule has 23 heavy (non-hydrogen) atoms. The van der Waals surface area contributed by atoms with E-state index in [4.69, 9.17) is 4.42 Å². The van der Waals surface area contributed by atoms with Gasteiger partial charge in [0.25, 0.3) is 0 Å². The normalized spacial score (nSPS) is 19.5. The summed E-state index contributed by atoms with van der Waals surface area (Å²) < 4.78 is 5.46. The molecule has 2 heterocycles. The van der Waals surface area contributed by atoms with Crippen LogP contribution in [0, 0.1) is 13.8 Å². The highest BCUT2D eigenvalue weighted by molar-refractivity contribution is 5.78. The number of carbonyl (C=O) groups is 1. The number of carbonyl (C=O) groups excluding carboxylic acids is 1. The molecule has 0 bridgehead atoms. The lowest BCUT2D eigenvalue weighted by Crippen LogP contribution is -2.50. The fourth-order valence-electron chi connectivity index (χ4n) is 3.05. The van der Waals surface area contributed by atoms with Crippen LogP contribution < -0.4 is 5.32 Å². The summed E-state index contributed by atoms with van der Waals surface area (Å²) in [6.45, 7) is 13.0. The minimum atomic E-state index is -1.13. The number of nitrogens with zero attached hydrogens (tertiary/aromatic N) is 2. The van der Waals surface area contributed by atoms with E-state index in [0.717, 1.165) is 44.0 Å². The molecule has 1 unspecified atom stereocenters. The summed E-state index contributed by atoms with van der Waals surface area (Å²) in [5, 5.41) is 13.5. The standard InChI is InChI=1S/C17H29N3O3/c1-5-19-6-8-20(9-7-19)11-16(21)18-12-17(4,22)15-10-13(2)23-14(15)3/h10,22H,5-9,11-12H2,1-4H3,(H,18,21). The molecule has 2 rings (SSSR count). The summed E-state index contributed by atoms with van der Waals surface area (Å²) >= 11 is 0. The Kier molecular flexibility index (Phi) is 5.84. The third-order valence-electron chi connectivity index (χ3n) is 4.53. The van der Waals surface area contributed by atoms with Crippen molar-refractivity contribution in [2.75, 3.05) is 45.8 Å². The first-order valence-electron chi connectivity index (χ1n) is 8.33. The molecule has 1 aliphatic heterocycles. The second kappa shape index (κ2) is 7.47. The number of aliphatic hydroxyl groups is 1. The molecule has 6 heteroatoms. The highest BCUT2D eigenvalue weighted by Crippen LogP contribution is 2.26. The molecule has 1 aromatic rings. The van der Waals surface area contributed by atoms with Crippen LogP contribution in [0.3, 0.4) is 0 Å². The topological polar surface area (TPSA) is 69.0 Å². The van der Waals surface area contributed by atoms with Crippen LogP contribution in [-0.4, -0.2) is 66.6 Å². The number of furan rings is 1. The van der Waals surface area contributed by atoms with Crippen molar-refractivity contribution in [3.8, 4) is 0 Å². The molecule has 0 spiro atoms. The van der Waals surface area contributed by atoms with Crippen LogP contribution in [-0.2, 0) is 10.4 Å². The molecular weight excluding hydrogens is 294 g/mol. The van der Waals surface area contributed by atoms with Crippen molar-refractivity contribution in [3.63, 3.8) is 0 Å². The van der Waals surface area contributed by atoms with Crippen LogP contribution >= 0.6 is 0 Å². The van der Waals surface area contributed by atoms with Crippen molar-refractivity contribution in [1.82, 2.24) is 15.1 Å². The highest BCUT2D eigenvalue weighted by atomic mass is 16.3. The van der Waals surface area contributed by atoms with Crippen molar-refractivity contribution >= 4 is 5.91 Å². The van der Waals surface area contributed by atoms with Crippen molar-refractivity contribution in [3.05, 3.63) is 23.2 Å². The lowest BCUT2D eigenvalue weighted by molar-refractivity contribution is -0.123. The third kappa shape index (κ3) is 4.80. The molecule has 130 valence electrons. The number of nitrogens with one attached hydrogen (secondary N) is 1. The summed E-state index contributed by atoms with van der Waals surface area (Å²) in [7, 11) is 0. The number of hydrogen-bond acceptors (Lipinski definition) is 5. The number of aryl methyl sites for hydroxylation is 2. The van der Waals surface area contributed by atoms with Gasteiger partial charge in [0.15, 0.2) is 0 Å². The van der Waals surface area contributed by atoms with E-state index in [1.807, 2.05) is 19.9 Å². The zero-order chi connectivity index (χ0) is 17.0. The summed E-state index contributed by atoms with van der Waals surface area (Å²) in [6, 6.07) is 1.82. The third-order valence-corrected chi connectivity index (χ3v) is 4.53. The average Bonchev–Trinajstić information content (AvgIpc) is 2.86. The fraction of sp³-hybridized carbons (Fsp3) is 0.706. The zero-order valence-corrected chi connectivity index (χ0v) is 14.7. The highest BCUT2D eigenvalue weighted by Gasteiger charge is 2.28. The van der Waals surface area contributed by atoms with Gasteiger partial charge in [-0.1, -0.05) is 6.92 Å². The molecule has 0 saturated carbocycles. The van der Waals surface area contributed by atoms with Gasteiger partial charge >= 0.3 is 0 Å². The van der Waals surface area contributed by atoms with E-state index in [1.54, 1.807) is 6.92 Å². The Balaban J connectivity index is 1.81. The Hall–Kier alpha value is -1.37. The predicted molar refractivity (Wildman–Crippen MR) is 89.3 cm³/mol. The molecule has 0 radical (unpaired) electrons. The molecule has 1 aromatic heterocycles. The fourth-order valence-corrected chi connectivity index (χ4v) is 3.05. The average molecular weight is 323 g/mol. The number of likely N-dealkylation sites (N-methyl/N-ethyl adjacent to an activating group) is 1. The molecule has 1 saturated heterocycles. The van der Waals surface area contributed by atoms with E-state index in [2.05, 4.69) is 22.0 Å². The van der Waals surface area contributed by atoms with Crippen molar-refractivity contribution in [2.45, 2.75) is 33.3 Å². The quantitative estimate of drug-likeness (QED) is 0.812. The summed E-state index contributed by atoms with van der Waals surface area (Å²) in [6.07, 6.45) is 0. The monoisotopic (exact) mass is 323 g/mol. The Morgan fingerprint density at radius 3 is 2.43 bits per heavy atom. The first kappa shape index (κ1) is 18.0. The van der Waals surface area contributed by atoms with Gasteiger partial charge in [-0.05, 0) is 33.4 Å². The van der Waals surface area contributed by atoms with Gasteiger partial charge in [-0.15, -0.1) is 0 Å². The largest absolute Gasteiger partial charge is 0.466 e.